The molecule has 0 aliphatic heterocycles. The molecule has 5 heteroatoms. The van der Waals surface area contributed by atoms with Crippen molar-refractivity contribution < 1.29 is 14.3 Å². The van der Waals surface area contributed by atoms with Gasteiger partial charge in [0.1, 0.15) is 5.75 Å². The molecule has 3 rings (SSSR count). The van der Waals surface area contributed by atoms with E-state index in [-0.39, 0.29) is 5.97 Å². The van der Waals surface area contributed by atoms with E-state index in [1.807, 2.05) is 48.7 Å². The Morgan fingerprint density at radius 3 is 2.50 bits per heavy atom. The van der Waals surface area contributed by atoms with Crippen molar-refractivity contribution >= 4 is 17.7 Å². The zero-order chi connectivity index (χ0) is 18.5. The van der Waals surface area contributed by atoms with E-state index in [4.69, 9.17) is 9.47 Å². The van der Waals surface area contributed by atoms with Crippen LogP contribution in [0.3, 0.4) is 0 Å². The van der Waals surface area contributed by atoms with Gasteiger partial charge in [-0.05, 0) is 49.1 Å². The minimum Gasteiger partial charge on any atom is -0.497 e. The van der Waals surface area contributed by atoms with Crippen molar-refractivity contribution in [2.45, 2.75) is 11.8 Å². The molecule has 3 aromatic rings. The van der Waals surface area contributed by atoms with E-state index >= 15 is 0 Å². The van der Waals surface area contributed by atoms with Crippen LogP contribution in [0.15, 0.2) is 59.5 Å². The van der Waals surface area contributed by atoms with E-state index < -0.39 is 0 Å². The maximum atomic E-state index is 12.5. The highest BCUT2D eigenvalue weighted by atomic mass is 32.2. The summed E-state index contributed by atoms with van der Waals surface area (Å²) in [4.78, 5) is 17.0. The van der Waals surface area contributed by atoms with E-state index in [2.05, 4.69) is 17.1 Å². The van der Waals surface area contributed by atoms with Gasteiger partial charge in [-0.25, -0.2) is 4.79 Å². The van der Waals surface area contributed by atoms with Gasteiger partial charge in [0.25, 0.3) is 0 Å². The molecule has 0 saturated heterocycles. The second kappa shape index (κ2) is 8.15. The minimum absolute atomic E-state index is 0.333. The minimum atomic E-state index is -0.339. The number of benzene rings is 2. The van der Waals surface area contributed by atoms with E-state index in [1.54, 1.807) is 25.8 Å². The summed E-state index contributed by atoms with van der Waals surface area (Å²) in [7, 11) is 1.62. The van der Waals surface area contributed by atoms with Crippen molar-refractivity contribution in [1.29, 1.82) is 0 Å². The molecule has 0 spiro atoms. The molecule has 26 heavy (non-hydrogen) atoms. The molecule has 1 N–H and O–H groups in total. The highest BCUT2D eigenvalue weighted by Crippen LogP contribution is 2.32. The summed E-state index contributed by atoms with van der Waals surface area (Å²) < 4.78 is 10.5. The fourth-order valence-electron chi connectivity index (χ4n) is 2.76. The Balaban J connectivity index is 2.08. The van der Waals surface area contributed by atoms with E-state index in [9.17, 15) is 4.79 Å². The molecule has 0 fully saturated rings. The molecular formula is C21H21NO3S. The van der Waals surface area contributed by atoms with Gasteiger partial charge in [0.2, 0.25) is 0 Å². The molecule has 0 bridgehead atoms. The van der Waals surface area contributed by atoms with Gasteiger partial charge < -0.3 is 14.5 Å². The van der Waals surface area contributed by atoms with Crippen molar-refractivity contribution in [2.24, 2.45) is 0 Å². The first-order valence-corrected chi connectivity index (χ1v) is 9.57. The number of esters is 1. The van der Waals surface area contributed by atoms with Crippen LogP contribution in [0.4, 0.5) is 0 Å². The number of H-pyrrole nitrogens is 1. The molecule has 0 atom stereocenters. The average molecular weight is 367 g/mol. The summed E-state index contributed by atoms with van der Waals surface area (Å²) >= 11 is 1.70. The van der Waals surface area contributed by atoms with E-state index in [0.29, 0.717) is 12.2 Å². The molecule has 4 nitrogen and oxygen atoms in total. The molecule has 0 aliphatic carbocycles. The molecular weight excluding hydrogens is 346 g/mol. The fraction of sp³-hybridized carbons (Fsp3) is 0.190. The summed E-state index contributed by atoms with van der Waals surface area (Å²) in [5.41, 5.74) is 4.01. The van der Waals surface area contributed by atoms with Gasteiger partial charge in [0.15, 0.2) is 0 Å². The Morgan fingerprint density at radius 2 is 1.85 bits per heavy atom. The summed E-state index contributed by atoms with van der Waals surface area (Å²) in [6.07, 6.45) is 2.05. The molecule has 0 amide bonds. The van der Waals surface area contributed by atoms with Crippen LogP contribution in [-0.2, 0) is 4.74 Å². The Morgan fingerprint density at radius 1 is 1.08 bits per heavy atom. The highest BCUT2D eigenvalue weighted by molar-refractivity contribution is 7.98. The van der Waals surface area contributed by atoms with Gasteiger partial charge in [0.05, 0.1) is 25.0 Å². The maximum absolute atomic E-state index is 12.5. The van der Waals surface area contributed by atoms with Gasteiger partial charge in [-0.2, -0.15) is 0 Å². The molecule has 2 aromatic carbocycles. The van der Waals surface area contributed by atoms with E-state index in [0.717, 1.165) is 28.3 Å². The quantitative estimate of drug-likeness (QED) is 0.477. The van der Waals surface area contributed by atoms with Crippen LogP contribution in [0, 0.1) is 0 Å². The number of ether oxygens (including phenoxy) is 2. The lowest BCUT2D eigenvalue weighted by Crippen LogP contribution is -2.04. The lowest BCUT2D eigenvalue weighted by molar-refractivity contribution is 0.0527. The third-order valence-corrected chi connectivity index (χ3v) is 4.82. The van der Waals surface area contributed by atoms with Crippen LogP contribution in [-0.4, -0.2) is 30.9 Å². The van der Waals surface area contributed by atoms with Crippen molar-refractivity contribution in [2.75, 3.05) is 20.0 Å². The second-order valence-corrected chi connectivity index (χ2v) is 6.53. The summed E-state index contributed by atoms with van der Waals surface area (Å²) in [5.74, 6) is 0.395. The first kappa shape index (κ1) is 18.1. The largest absolute Gasteiger partial charge is 0.497 e. The van der Waals surface area contributed by atoms with Crippen molar-refractivity contribution in [3.8, 4) is 28.3 Å². The predicted molar refractivity (Wildman–Crippen MR) is 106 cm³/mol. The smallest absolute Gasteiger partial charge is 0.340 e. The van der Waals surface area contributed by atoms with Gasteiger partial charge in [0, 0.05) is 16.2 Å². The van der Waals surface area contributed by atoms with Gasteiger partial charge in [-0.1, -0.05) is 24.3 Å². The summed E-state index contributed by atoms with van der Waals surface area (Å²) in [6.45, 7) is 2.14. The fourth-order valence-corrected chi connectivity index (χ4v) is 3.17. The average Bonchev–Trinajstić information content (AvgIpc) is 3.14. The number of aromatic nitrogens is 1. The van der Waals surface area contributed by atoms with E-state index in [1.165, 1.54) is 4.90 Å². The maximum Gasteiger partial charge on any atom is 0.340 e. The normalized spacial score (nSPS) is 10.6. The molecule has 134 valence electrons. The number of rotatable bonds is 6. The Labute approximate surface area is 157 Å². The highest BCUT2D eigenvalue weighted by Gasteiger charge is 2.19. The lowest BCUT2D eigenvalue weighted by Gasteiger charge is -2.06. The van der Waals surface area contributed by atoms with Gasteiger partial charge in [-0.15, -0.1) is 11.8 Å². The third kappa shape index (κ3) is 3.78. The van der Waals surface area contributed by atoms with Crippen molar-refractivity contribution in [3.63, 3.8) is 0 Å². The number of thioether (sulfide) groups is 1. The molecule has 0 aliphatic rings. The number of carbonyl (C=O) groups excluding carboxylic acids is 1. The zero-order valence-electron chi connectivity index (χ0n) is 15.0. The Hall–Kier alpha value is -2.66. The first-order chi connectivity index (χ1) is 12.7. The SMILES string of the molecule is CCOC(=O)c1cc(-c2ccc(SC)cc2)[nH]c1-c1cccc(OC)c1. The topological polar surface area (TPSA) is 51.3 Å². The predicted octanol–water partition coefficient (Wildman–Crippen LogP) is 5.26. The van der Waals surface area contributed by atoms with Gasteiger partial charge >= 0.3 is 5.97 Å². The molecule has 0 unspecified atom stereocenters. The molecule has 1 heterocycles. The standard InChI is InChI=1S/C21H21NO3S/c1-4-25-21(23)18-13-19(14-8-10-17(26-3)11-9-14)22-20(18)15-6-5-7-16(12-15)24-2/h5-13,22H,4H2,1-3H3. The molecule has 0 radical (unpaired) electrons. The summed E-state index contributed by atoms with van der Waals surface area (Å²) in [6, 6.07) is 17.7. The van der Waals surface area contributed by atoms with Crippen LogP contribution < -0.4 is 4.74 Å². The number of carbonyl (C=O) groups is 1. The molecule has 1 aromatic heterocycles. The Bertz CT molecular complexity index is 900. The number of hydrogen-bond acceptors (Lipinski definition) is 4. The van der Waals surface area contributed by atoms with Gasteiger partial charge in [-0.3, -0.25) is 0 Å². The van der Waals surface area contributed by atoms with Crippen LogP contribution in [0.1, 0.15) is 17.3 Å². The summed E-state index contributed by atoms with van der Waals surface area (Å²) in [5, 5.41) is 0. The van der Waals surface area contributed by atoms with Crippen molar-refractivity contribution in [3.05, 3.63) is 60.2 Å². The monoisotopic (exact) mass is 367 g/mol. The second-order valence-electron chi connectivity index (χ2n) is 5.65. The van der Waals surface area contributed by atoms with Crippen LogP contribution in [0.2, 0.25) is 0 Å². The van der Waals surface area contributed by atoms with Crippen LogP contribution >= 0.6 is 11.8 Å². The molecule has 0 saturated carbocycles. The number of methoxy groups -OCH3 is 1. The van der Waals surface area contributed by atoms with Crippen molar-refractivity contribution in [1.82, 2.24) is 4.98 Å². The van der Waals surface area contributed by atoms with Crippen LogP contribution in [0.25, 0.3) is 22.5 Å². The third-order valence-electron chi connectivity index (χ3n) is 4.07. The number of aromatic amines is 1. The number of nitrogens with one attached hydrogen (secondary N) is 1. The zero-order valence-corrected chi connectivity index (χ0v) is 15.9. The van der Waals surface area contributed by atoms with Crippen LogP contribution in [0.5, 0.6) is 5.75 Å². The lowest BCUT2D eigenvalue weighted by atomic mass is 10.1. The Kier molecular flexibility index (Phi) is 5.68. The first-order valence-electron chi connectivity index (χ1n) is 8.35. The number of hydrogen-bond donors (Lipinski definition) is 1.